The SMILES string of the molecule is CC(C)(C)SC1CC(c2ccccc2O)c2ccccc21. The highest BCUT2D eigenvalue weighted by Gasteiger charge is 2.35. The molecule has 0 saturated carbocycles. The number of phenols is 1. The monoisotopic (exact) mass is 298 g/mol. The maximum atomic E-state index is 10.2. The van der Waals surface area contributed by atoms with Crippen LogP contribution in [0, 0.1) is 0 Å². The third-order valence-corrected chi connectivity index (χ3v) is 5.41. The number of fused-ring (bicyclic) bond motifs is 1. The molecule has 0 saturated heterocycles. The molecule has 110 valence electrons. The van der Waals surface area contributed by atoms with Crippen LogP contribution in [0.25, 0.3) is 0 Å². The van der Waals surface area contributed by atoms with Crippen molar-refractivity contribution in [3.05, 3.63) is 65.2 Å². The van der Waals surface area contributed by atoms with Crippen LogP contribution in [0.15, 0.2) is 48.5 Å². The van der Waals surface area contributed by atoms with E-state index in [0.29, 0.717) is 16.9 Å². The molecule has 2 unspecified atom stereocenters. The molecule has 0 bridgehead atoms. The van der Waals surface area contributed by atoms with E-state index in [-0.39, 0.29) is 4.75 Å². The Labute approximate surface area is 131 Å². The van der Waals surface area contributed by atoms with Gasteiger partial charge in [0.15, 0.2) is 0 Å². The molecular formula is C19H22OS. The van der Waals surface area contributed by atoms with Crippen LogP contribution in [0.2, 0.25) is 0 Å². The van der Waals surface area contributed by atoms with Crippen LogP contribution in [-0.4, -0.2) is 9.85 Å². The minimum Gasteiger partial charge on any atom is -0.508 e. The maximum absolute atomic E-state index is 10.2. The molecule has 2 atom stereocenters. The predicted octanol–water partition coefficient (Wildman–Crippen LogP) is 5.50. The van der Waals surface area contributed by atoms with Gasteiger partial charge in [-0.3, -0.25) is 0 Å². The van der Waals surface area contributed by atoms with Gasteiger partial charge in [0.25, 0.3) is 0 Å². The van der Waals surface area contributed by atoms with Gasteiger partial charge in [-0.1, -0.05) is 63.2 Å². The highest BCUT2D eigenvalue weighted by Crippen LogP contribution is 2.54. The molecule has 0 aliphatic heterocycles. The van der Waals surface area contributed by atoms with Crippen molar-refractivity contribution in [2.24, 2.45) is 0 Å². The van der Waals surface area contributed by atoms with Crippen molar-refractivity contribution in [3.63, 3.8) is 0 Å². The summed E-state index contributed by atoms with van der Waals surface area (Å²) in [5.41, 5.74) is 3.87. The van der Waals surface area contributed by atoms with Gasteiger partial charge in [0.05, 0.1) is 0 Å². The van der Waals surface area contributed by atoms with Crippen LogP contribution >= 0.6 is 11.8 Å². The van der Waals surface area contributed by atoms with E-state index in [1.54, 1.807) is 6.07 Å². The Balaban J connectivity index is 2.00. The Hall–Kier alpha value is -1.41. The number of benzene rings is 2. The molecule has 1 aliphatic carbocycles. The molecule has 1 aliphatic rings. The summed E-state index contributed by atoms with van der Waals surface area (Å²) < 4.78 is 0.241. The molecule has 21 heavy (non-hydrogen) atoms. The summed E-state index contributed by atoms with van der Waals surface area (Å²) in [6.07, 6.45) is 1.07. The fourth-order valence-electron chi connectivity index (χ4n) is 3.20. The van der Waals surface area contributed by atoms with Crippen molar-refractivity contribution in [1.29, 1.82) is 0 Å². The van der Waals surface area contributed by atoms with Gasteiger partial charge in [-0.15, -0.1) is 11.8 Å². The summed E-state index contributed by atoms with van der Waals surface area (Å²) in [4.78, 5) is 0. The predicted molar refractivity (Wildman–Crippen MR) is 91.1 cm³/mol. The molecule has 2 heteroatoms. The molecule has 3 rings (SSSR count). The molecule has 1 nitrogen and oxygen atoms in total. The zero-order valence-corrected chi connectivity index (χ0v) is 13.7. The second kappa shape index (κ2) is 5.42. The summed E-state index contributed by atoms with van der Waals surface area (Å²) >= 11 is 2.03. The Morgan fingerprint density at radius 1 is 0.905 bits per heavy atom. The molecule has 0 heterocycles. The Bertz CT molecular complexity index is 642. The first-order valence-electron chi connectivity index (χ1n) is 7.50. The second-order valence-corrected chi connectivity index (χ2v) is 8.72. The standard InChI is InChI=1S/C19H22OS/c1-19(2,3)21-18-12-16(13-8-4-5-10-15(13)18)14-9-6-7-11-17(14)20/h4-11,16,18,20H,12H2,1-3H3. The normalized spacial score (nSPS) is 21.3. The maximum Gasteiger partial charge on any atom is 0.119 e. The van der Waals surface area contributed by atoms with Crippen molar-refractivity contribution in [2.75, 3.05) is 0 Å². The van der Waals surface area contributed by atoms with Gasteiger partial charge in [-0.25, -0.2) is 0 Å². The van der Waals surface area contributed by atoms with E-state index < -0.39 is 0 Å². The van der Waals surface area contributed by atoms with Crippen LogP contribution in [0.5, 0.6) is 5.75 Å². The van der Waals surface area contributed by atoms with Gasteiger partial charge in [0.1, 0.15) is 5.75 Å². The van der Waals surface area contributed by atoms with Crippen LogP contribution < -0.4 is 0 Å². The lowest BCUT2D eigenvalue weighted by Crippen LogP contribution is -2.10. The first-order chi connectivity index (χ1) is 9.96. The average Bonchev–Trinajstić information content (AvgIpc) is 2.77. The zero-order chi connectivity index (χ0) is 15.0. The number of para-hydroxylation sites is 1. The highest BCUT2D eigenvalue weighted by molar-refractivity contribution is 8.00. The van der Waals surface area contributed by atoms with Crippen molar-refractivity contribution < 1.29 is 5.11 Å². The van der Waals surface area contributed by atoms with Crippen molar-refractivity contribution in [1.82, 2.24) is 0 Å². The number of phenolic OH excluding ortho intramolecular Hbond substituents is 1. The van der Waals surface area contributed by atoms with E-state index in [0.717, 1.165) is 12.0 Å². The number of rotatable bonds is 2. The Morgan fingerprint density at radius 2 is 1.48 bits per heavy atom. The minimum atomic E-state index is 0.241. The lowest BCUT2D eigenvalue weighted by molar-refractivity contribution is 0.464. The van der Waals surface area contributed by atoms with Gasteiger partial charge in [-0.2, -0.15) is 0 Å². The molecule has 0 fully saturated rings. The molecule has 0 spiro atoms. The fraction of sp³-hybridized carbons (Fsp3) is 0.368. The van der Waals surface area contributed by atoms with Crippen LogP contribution in [-0.2, 0) is 0 Å². The van der Waals surface area contributed by atoms with Crippen molar-refractivity contribution in [2.45, 2.75) is 43.1 Å². The van der Waals surface area contributed by atoms with Gasteiger partial charge >= 0.3 is 0 Å². The molecule has 1 N–H and O–H groups in total. The van der Waals surface area contributed by atoms with E-state index in [9.17, 15) is 5.11 Å². The van der Waals surface area contributed by atoms with Crippen molar-refractivity contribution in [3.8, 4) is 5.75 Å². The largest absolute Gasteiger partial charge is 0.508 e. The Kier molecular flexibility index (Phi) is 3.75. The van der Waals surface area contributed by atoms with E-state index >= 15 is 0 Å². The number of hydrogen-bond donors (Lipinski definition) is 1. The number of thioether (sulfide) groups is 1. The summed E-state index contributed by atoms with van der Waals surface area (Å²) in [6, 6.07) is 16.5. The highest BCUT2D eigenvalue weighted by atomic mass is 32.2. The van der Waals surface area contributed by atoms with Gasteiger partial charge < -0.3 is 5.11 Å². The summed E-state index contributed by atoms with van der Waals surface area (Å²) in [7, 11) is 0. The molecule has 0 radical (unpaired) electrons. The number of aromatic hydroxyl groups is 1. The quantitative estimate of drug-likeness (QED) is 0.790. The smallest absolute Gasteiger partial charge is 0.119 e. The topological polar surface area (TPSA) is 20.2 Å². The fourth-order valence-corrected chi connectivity index (χ4v) is 4.69. The van der Waals surface area contributed by atoms with E-state index in [2.05, 4.69) is 51.1 Å². The lowest BCUT2D eigenvalue weighted by Gasteiger charge is -2.23. The molecular weight excluding hydrogens is 276 g/mol. The summed E-state index contributed by atoms with van der Waals surface area (Å²) in [5.74, 6) is 0.723. The summed E-state index contributed by atoms with van der Waals surface area (Å²) in [5, 5.41) is 10.7. The zero-order valence-electron chi connectivity index (χ0n) is 12.8. The first kappa shape index (κ1) is 14.5. The molecule has 2 aromatic rings. The summed E-state index contributed by atoms with van der Waals surface area (Å²) in [6.45, 7) is 6.81. The van der Waals surface area contributed by atoms with Gasteiger partial charge in [0.2, 0.25) is 0 Å². The van der Waals surface area contributed by atoms with Crippen molar-refractivity contribution >= 4 is 11.8 Å². The van der Waals surface area contributed by atoms with E-state index in [4.69, 9.17) is 0 Å². The first-order valence-corrected chi connectivity index (χ1v) is 8.38. The third kappa shape index (κ3) is 2.96. The third-order valence-electron chi connectivity index (χ3n) is 3.98. The molecule has 0 amide bonds. The van der Waals surface area contributed by atoms with Crippen LogP contribution in [0.4, 0.5) is 0 Å². The number of hydrogen-bond acceptors (Lipinski definition) is 2. The second-order valence-electron chi connectivity index (χ2n) is 6.69. The van der Waals surface area contributed by atoms with E-state index in [1.165, 1.54) is 11.1 Å². The van der Waals surface area contributed by atoms with Gasteiger partial charge in [-0.05, 0) is 23.6 Å². The van der Waals surface area contributed by atoms with E-state index in [1.807, 2.05) is 23.9 Å². The van der Waals surface area contributed by atoms with Gasteiger partial charge in [0, 0.05) is 21.5 Å². The lowest BCUT2D eigenvalue weighted by atomic mass is 9.92. The average molecular weight is 298 g/mol. The van der Waals surface area contributed by atoms with Crippen LogP contribution in [0.1, 0.15) is 55.1 Å². The molecule has 0 aromatic heterocycles. The minimum absolute atomic E-state index is 0.241. The molecule has 2 aromatic carbocycles. The van der Waals surface area contributed by atoms with Crippen LogP contribution in [0.3, 0.4) is 0 Å². The Morgan fingerprint density at radius 3 is 2.10 bits per heavy atom.